The molecule has 1 aromatic carbocycles. The van der Waals surface area contributed by atoms with Crippen molar-refractivity contribution in [1.82, 2.24) is 10.2 Å². The molecule has 1 unspecified atom stereocenters. The topological polar surface area (TPSA) is 46.1 Å². The van der Waals surface area contributed by atoms with Crippen LogP contribution in [0.25, 0.3) is 0 Å². The Labute approximate surface area is 162 Å². The molecule has 1 N–H and O–H groups in total. The average Bonchev–Trinajstić information content (AvgIpc) is 3.03. The van der Waals surface area contributed by atoms with E-state index in [1.165, 1.54) is 5.56 Å². The Bertz CT molecular complexity index is 529. The zero-order valence-corrected chi connectivity index (χ0v) is 17.5. The lowest BCUT2D eigenvalue weighted by atomic mass is 10.1. The van der Waals surface area contributed by atoms with Gasteiger partial charge in [0.2, 0.25) is 0 Å². The first-order valence-electron chi connectivity index (χ1n) is 8.39. The number of hydrogen-bond donors (Lipinski definition) is 1. The first kappa shape index (κ1) is 21.0. The number of benzene rings is 1. The molecular weight excluding hydrogens is 417 g/mol. The molecule has 0 aromatic heterocycles. The molecule has 1 heterocycles. The molecule has 0 aliphatic carbocycles. The van der Waals surface area contributed by atoms with Crippen molar-refractivity contribution in [3.05, 3.63) is 29.3 Å². The maximum Gasteiger partial charge on any atom is 0.193 e. The molecule has 1 atom stereocenters. The summed E-state index contributed by atoms with van der Waals surface area (Å²) in [7, 11) is 3.98. The molecule has 1 fully saturated rings. The average molecular weight is 447 g/mol. The minimum Gasteiger partial charge on any atom is -0.491 e. The van der Waals surface area contributed by atoms with Crippen LogP contribution in [-0.2, 0) is 11.3 Å². The Balaban J connectivity index is 0.00000288. The van der Waals surface area contributed by atoms with E-state index in [0.29, 0.717) is 13.2 Å². The van der Waals surface area contributed by atoms with E-state index in [0.717, 1.165) is 43.3 Å². The Morgan fingerprint density at radius 2 is 2.21 bits per heavy atom. The Morgan fingerprint density at radius 3 is 2.83 bits per heavy atom. The SMILES string of the molecule is CCNC(=NCc1ccc(C)cc1OCC1CCCO1)N(C)C.I. The highest BCUT2D eigenvalue weighted by atomic mass is 127. The molecule has 1 aliphatic heterocycles. The van der Waals surface area contributed by atoms with E-state index in [1.807, 2.05) is 19.0 Å². The van der Waals surface area contributed by atoms with E-state index < -0.39 is 0 Å². The van der Waals surface area contributed by atoms with E-state index >= 15 is 0 Å². The number of aryl methyl sites for hydroxylation is 1. The summed E-state index contributed by atoms with van der Waals surface area (Å²) < 4.78 is 11.7. The molecule has 0 spiro atoms. The van der Waals surface area contributed by atoms with E-state index in [1.54, 1.807) is 0 Å². The summed E-state index contributed by atoms with van der Waals surface area (Å²) in [5, 5.41) is 3.28. The number of nitrogens with one attached hydrogen (secondary N) is 1. The normalized spacial score (nSPS) is 17.3. The maximum absolute atomic E-state index is 6.03. The fourth-order valence-corrected chi connectivity index (χ4v) is 2.56. The first-order valence-corrected chi connectivity index (χ1v) is 8.39. The molecular formula is C18H30IN3O2. The first-order chi connectivity index (χ1) is 11.1. The summed E-state index contributed by atoms with van der Waals surface area (Å²) >= 11 is 0. The van der Waals surface area contributed by atoms with Crippen molar-refractivity contribution in [2.45, 2.75) is 39.3 Å². The van der Waals surface area contributed by atoms with Crippen LogP contribution in [0.2, 0.25) is 0 Å². The zero-order chi connectivity index (χ0) is 16.7. The van der Waals surface area contributed by atoms with Crippen LogP contribution in [0.3, 0.4) is 0 Å². The molecule has 0 radical (unpaired) electrons. The van der Waals surface area contributed by atoms with Gasteiger partial charge in [-0.1, -0.05) is 12.1 Å². The van der Waals surface area contributed by atoms with E-state index in [9.17, 15) is 0 Å². The van der Waals surface area contributed by atoms with Crippen molar-refractivity contribution in [2.75, 3.05) is 33.9 Å². The Morgan fingerprint density at radius 1 is 1.42 bits per heavy atom. The van der Waals surface area contributed by atoms with Crippen LogP contribution in [0.1, 0.15) is 30.9 Å². The van der Waals surface area contributed by atoms with Crippen molar-refractivity contribution in [3.63, 3.8) is 0 Å². The van der Waals surface area contributed by atoms with Gasteiger partial charge in [-0.3, -0.25) is 0 Å². The summed E-state index contributed by atoms with van der Waals surface area (Å²) in [6, 6.07) is 6.29. The fraction of sp³-hybridized carbons (Fsp3) is 0.611. The van der Waals surface area contributed by atoms with Crippen LogP contribution in [0.4, 0.5) is 0 Å². The van der Waals surface area contributed by atoms with E-state index in [4.69, 9.17) is 9.47 Å². The molecule has 2 rings (SSSR count). The standard InChI is InChI=1S/C18H29N3O2.HI/c1-5-19-18(21(3)4)20-12-15-9-8-14(2)11-17(15)23-13-16-7-6-10-22-16;/h8-9,11,16H,5-7,10,12-13H2,1-4H3,(H,19,20);1H. The van der Waals surface area contributed by atoms with Gasteiger partial charge in [0.15, 0.2) is 5.96 Å². The molecule has 24 heavy (non-hydrogen) atoms. The summed E-state index contributed by atoms with van der Waals surface area (Å²) in [5.74, 6) is 1.80. The van der Waals surface area contributed by atoms with Gasteiger partial charge in [-0.25, -0.2) is 4.99 Å². The highest BCUT2D eigenvalue weighted by Gasteiger charge is 2.17. The summed E-state index contributed by atoms with van der Waals surface area (Å²) in [5.41, 5.74) is 2.30. The smallest absolute Gasteiger partial charge is 0.193 e. The van der Waals surface area contributed by atoms with Gasteiger partial charge in [-0.15, -0.1) is 24.0 Å². The molecule has 0 amide bonds. The number of halogens is 1. The molecule has 1 aliphatic rings. The zero-order valence-electron chi connectivity index (χ0n) is 15.2. The van der Waals surface area contributed by atoms with Gasteiger partial charge in [0.25, 0.3) is 0 Å². The number of guanidine groups is 1. The van der Waals surface area contributed by atoms with Gasteiger partial charge in [0, 0.05) is 32.8 Å². The van der Waals surface area contributed by atoms with E-state index in [-0.39, 0.29) is 30.1 Å². The van der Waals surface area contributed by atoms with Crippen LogP contribution in [-0.4, -0.2) is 50.8 Å². The Kier molecular flexibility index (Phi) is 9.43. The van der Waals surface area contributed by atoms with Crippen molar-refractivity contribution in [1.29, 1.82) is 0 Å². The second-order valence-electron chi connectivity index (χ2n) is 6.12. The number of rotatable bonds is 6. The van der Waals surface area contributed by atoms with E-state index in [2.05, 4.69) is 42.4 Å². The minimum absolute atomic E-state index is 0. The fourth-order valence-electron chi connectivity index (χ4n) is 2.56. The van der Waals surface area contributed by atoms with Crippen LogP contribution in [0, 0.1) is 6.92 Å². The third kappa shape index (κ3) is 6.47. The highest BCUT2D eigenvalue weighted by Crippen LogP contribution is 2.23. The second-order valence-corrected chi connectivity index (χ2v) is 6.12. The summed E-state index contributed by atoms with van der Waals surface area (Å²) in [6.45, 7) is 7.08. The van der Waals surface area contributed by atoms with Crippen molar-refractivity contribution in [3.8, 4) is 5.75 Å². The summed E-state index contributed by atoms with van der Waals surface area (Å²) in [4.78, 5) is 6.66. The predicted molar refractivity (Wildman–Crippen MR) is 110 cm³/mol. The molecule has 136 valence electrons. The second kappa shape index (κ2) is 10.8. The van der Waals surface area contributed by atoms with Gasteiger partial charge in [0.1, 0.15) is 12.4 Å². The molecule has 0 bridgehead atoms. The maximum atomic E-state index is 6.03. The lowest BCUT2D eigenvalue weighted by molar-refractivity contribution is 0.0676. The number of hydrogen-bond acceptors (Lipinski definition) is 3. The van der Waals surface area contributed by atoms with Crippen LogP contribution >= 0.6 is 24.0 Å². The molecule has 5 nitrogen and oxygen atoms in total. The molecule has 0 saturated carbocycles. The largest absolute Gasteiger partial charge is 0.491 e. The van der Waals surface area contributed by atoms with Crippen molar-refractivity contribution >= 4 is 29.9 Å². The van der Waals surface area contributed by atoms with Crippen LogP contribution in [0.15, 0.2) is 23.2 Å². The predicted octanol–water partition coefficient (Wildman–Crippen LogP) is 3.20. The minimum atomic E-state index is 0. The molecule has 1 saturated heterocycles. The van der Waals surface area contributed by atoms with Gasteiger partial charge in [-0.2, -0.15) is 0 Å². The third-order valence-corrected chi connectivity index (χ3v) is 3.83. The van der Waals surface area contributed by atoms with Gasteiger partial charge >= 0.3 is 0 Å². The number of nitrogens with zero attached hydrogens (tertiary/aromatic N) is 2. The lowest BCUT2D eigenvalue weighted by Crippen LogP contribution is -2.36. The summed E-state index contributed by atoms with van der Waals surface area (Å²) in [6.07, 6.45) is 2.45. The Hall–Kier alpha value is -1.02. The van der Waals surface area contributed by atoms with Crippen LogP contribution in [0.5, 0.6) is 5.75 Å². The number of ether oxygens (including phenoxy) is 2. The number of aliphatic imine (C=N–C) groups is 1. The van der Waals surface area contributed by atoms with Gasteiger partial charge < -0.3 is 19.7 Å². The lowest BCUT2D eigenvalue weighted by Gasteiger charge is -2.18. The van der Waals surface area contributed by atoms with Crippen LogP contribution < -0.4 is 10.1 Å². The van der Waals surface area contributed by atoms with Gasteiger partial charge in [0.05, 0.1) is 12.6 Å². The molecule has 6 heteroatoms. The van der Waals surface area contributed by atoms with Gasteiger partial charge in [-0.05, 0) is 38.3 Å². The quantitative estimate of drug-likeness (QED) is 0.414. The monoisotopic (exact) mass is 447 g/mol. The van der Waals surface area contributed by atoms with Crippen molar-refractivity contribution in [2.24, 2.45) is 4.99 Å². The highest BCUT2D eigenvalue weighted by molar-refractivity contribution is 14.0. The molecule has 1 aromatic rings. The third-order valence-electron chi connectivity index (χ3n) is 3.83. The van der Waals surface area contributed by atoms with Crippen molar-refractivity contribution < 1.29 is 9.47 Å².